The molecule has 0 fully saturated rings. The zero-order valence-corrected chi connectivity index (χ0v) is 14.1. The van der Waals surface area contributed by atoms with E-state index in [1.54, 1.807) is 35.9 Å². The zero-order valence-electron chi connectivity index (χ0n) is 13.4. The Morgan fingerprint density at radius 2 is 1.88 bits per heavy atom. The molecule has 3 aromatic rings. The first-order valence-electron chi connectivity index (χ1n) is 7.45. The van der Waals surface area contributed by atoms with Crippen LogP contribution in [-0.2, 0) is 13.5 Å². The number of benzene rings is 1. The number of aromatic nitrogens is 4. The van der Waals surface area contributed by atoms with E-state index in [0.29, 0.717) is 10.8 Å². The van der Waals surface area contributed by atoms with Crippen molar-refractivity contribution in [2.75, 3.05) is 0 Å². The van der Waals surface area contributed by atoms with Crippen LogP contribution in [0.5, 0.6) is 0 Å². The SMILES string of the molecule is C[C@H](Cc1nc2c(nc(-c3ccc(Cl)cc3)n2C)c(=O)[nH]1)C(F)(F)F. The lowest BCUT2D eigenvalue weighted by atomic mass is 10.1. The lowest BCUT2D eigenvalue weighted by molar-refractivity contribution is -0.169. The van der Waals surface area contributed by atoms with E-state index in [-0.39, 0.29) is 17.0 Å². The maximum atomic E-state index is 12.7. The van der Waals surface area contributed by atoms with E-state index in [0.717, 1.165) is 12.5 Å². The van der Waals surface area contributed by atoms with Crippen LogP contribution >= 0.6 is 11.6 Å². The molecule has 0 unspecified atom stereocenters. The number of aryl methyl sites for hydroxylation is 1. The Bertz CT molecular complexity index is 976. The lowest BCUT2D eigenvalue weighted by Gasteiger charge is -2.14. The van der Waals surface area contributed by atoms with Gasteiger partial charge in [0, 0.05) is 24.1 Å². The van der Waals surface area contributed by atoms with Gasteiger partial charge in [-0.2, -0.15) is 13.2 Å². The molecule has 0 saturated heterocycles. The summed E-state index contributed by atoms with van der Waals surface area (Å²) in [6.07, 6.45) is -4.76. The number of alkyl halides is 3. The predicted molar refractivity (Wildman–Crippen MR) is 88.5 cm³/mol. The molecule has 0 radical (unpaired) electrons. The summed E-state index contributed by atoms with van der Waals surface area (Å²) in [6.45, 7) is 1.05. The van der Waals surface area contributed by atoms with Crippen molar-refractivity contribution in [1.29, 1.82) is 0 Å². The summed E-state index contributed by atoms with van der Waals surface area (Å²) in [7, 11) is 1.66. The van der Waals surface area contributed by atoms with Crippen LogP contribution in [0, 0.1) is 5.92 Å². The normalized spacial score (nSPS) is 13.4. The van der Waals surface area contributed by atoms with Gasteiger partial charge in [-0.05, 0) is 24.3 Å². The van der Waals surface area contributed by atoms with Crippen LogP contribution in [-0.4, -0.2) is 25.7 Å². The molecule has 3 rings (SSSR count). The first-order chi connectivity index (χ1) is 11.7. The molecule has 0 aliphatic carbocycles. The lowest BCUT2D eigenvalue weighted by Crippen LogP contribution is -2.24. The summed E-state index contributed by atoms with van der Waals surface area (Å²) in [4.78, 5) is 23.0. The summed E-state index contributed by atoms with van der Waals surface area (Å²) in [6, 6.07) is 6.85. The minimum absolute atomic E-state index is 0.0204. The molecule has 5 nitrogen and oxygen atoms in total. The molecular formula is C16H14ClF3N4O. The summed E-state index contributed by atoms with van der Waals surface area (Å²) in [5.41, 5.74) is 0.466. The smallest absolute Gasteiger partial charge is 0.312 e. The second-order valence-corrected chi connectivity index (χ2v) is 6.27. The van der Waals surface area contributed by atoms with Crippen LogP contribution in [0.15, 0.2) is 29.1 Å². The minimum Gasteiger partial charge on any atom is -0.312 e. The maximum Gasteiger partial charge on any atom is 0.391 e. The van der Waals surface area contributed by atoms with Crippen molar-refractivity contribution in [1.82, 2.24) is 19.5 Å². The zero-order chi connectivity index (χ0) is 18.4. The van der Waals surface area contributed by atoms with Crippen LogP contribution in [0.3, 0.4) is 0 Å². The number of imidazole rings is 1. The molecule has 0 aliphatic rings. The van der Waals surface area contributed by atoms with Gasteiger partial charge < -0.3 is 9.55 Å². The van der Waals surface area contributed by atoms with Crippen molar-refractivity contribution >= 4 is 22.8 Å². The van der Waals surface area contributed by atoms with Crippen molar-refractivity contribution in [3.8, 4) is 11.4 Å². The second-order valence-electron chi connectivity index (χ2n) is 5.83. The third-order valence-corrected chi connectivity index (χ3v) is 4.19. The van der Waals surface area contributed by atoms with Crippen LogP contribution in [0.25, 0.3) is 22.6 Å². The Balaban J connectivity index is 2.08. The molecule has 0 aliphatic heterocycles. The molecule has 2 aromatic heterocycles. The Labute approximate surface area is 145 Å². The number of hydrogen-bond acceptors (Lipinski definition) is 3. The quantitative estimate of drug-likeness (QED) is 0.764. The first-order valence-corrected chi connectivity index (χ1v) is 7.83. The fourth-order valence-corrected chi connectivity index (χ4v) is 2.60. The van der Waals surface area contributed by atoms with Crippen molar-refractivity contribution in [2.45, 2.75) is 19.5 Å². The monoisotopic (exact) mass is 370 g/mol. The molecule has 1 aromatic carbocycles. The highest BCUT2D eigenvalue weighted by Crippen LogP contribution is 2.28. The third kappa shape index (κ3) is 3.39. The summed E-state index contributed by atoms with van der Waals surface area (Å²) in [5, 5.41) is 0.557. The number of aromatic amines is 1. The van der Waals surface area contributed by atoms with Gasteiger partial charge in [0.25, 0.3) is 5.56 Å². The molecule has 1 atom stereocenters. The average molecular weight is 371 g/mol. The Kier molecular flexibility index (Phi) is 4.32. The van der Waals surface area contributed by atoms with Gasteiger partial charge in [0.15, 0.2) is 11.2 Å². The van der Waals surface area contributed by atoms with Gasteiger partial charge in [0.2, 0.25) is 0 Å². The third-order valence-electron chi connectivity index (χ3n) is 3.94. The fraction of sp³-hybridized carbons (Fsp3) is 0.312. The summed E-state index contributed by atoms with van der Waals surface area (Å²) in [5.74, 6) is -1.16. The standard InChI is InChI=1S/C16H14ClF3N4O/c1-8(16(18,19)20)7-11-21-14-12(15(25)22-11)23-13(24(14)2)9-3-5-10(17)6-4-9/h3-6,8H,7H2,1-2H3,(H,21,22,25)/t8-/m1/s1. The number of hydrogen-bond donors (Lipinski definition) is 1. The molecule has 25 heavy (non-hydrogen) atoms. The van der Waals surface area contributed by atoms with Crippen LogP contribution in [0.4, 0.5) is 13.2 Å². The largest absolute Gasteiger partial charge is 0.391 e. The van der Waals surface area contributed by atoms with Gasteiger partial charge >= 0.3 is 6.18 Å². The maximum absolute atomic E-state index is 12.7. The van der Waals surface area contributed by atoms with Crippen molar-refractivity contribution in [2.24, 2.45) is 13.0 Å². The molecule has 1 N–H and O–H groups in total. The molecular weight excluding hydrogens is 357 g/mol. The van der Waals surface area contributed by atoms with E-state index < -0.39 is 24.1 Å². The number of rotatable bonds is 3. The molecule has 2 heterocycles. The Morgan fingerprint density at radius 1 is 1.24 bits per heavy atom. The highest BCUT2D eigenvalue weighted by molar-refractivity contribution is 6.30. The Morgan fingerprint density at radius 3 is 2.48 bits per heavy atom. The number of fused-ring (bicyclic) bond motifs is 1. The molecule has 0 saturated carbocycles. The molecule has 132 valence electrons. The van der Waals surface area contributed by atoms with Crippen LogP contribution in [0.1, 0.15) is 12.7 Å². The van der Waals surface area contributed by atoms with Crippen molar-refractivity contribution in [3.63, 3.8) is 0 Å². The van der Waals surface area contributed by atoms with E-state index in [1.165, 1.54) is 0 Å². The van der Waals surface area contributed by atoms with Gasteiger partial charge in [0.1, 0.15) is 11.6 Å². The van der Waals surface area contributed by atoms with E-state index in [4.69, 9.17) is 11.6 Å². The topological polar surface area (TPSA) is 63.6 Å². The fourth-order valence-electron chi connectivity index (χ4n) is 2.48. The predicted octanol–water partition coefficient (Wildman–Crippen LogP) is 3.72. The number of halogens is 4. The van der Waals surface area contributed by atoms with Gasteiger partial charge in [-0.15, -0.1) is 0 Å². The first kappa shape index (κ1) is 17.5. The van der Waals surface area contributed by atoms with Crippen LogP contribution < -0.4 is 5.56 Å². The van der Waals surface area contributed by atoms with Gasteiger partial charge in [0.05, 0.1) is 5.92 Å². The second kappa shape index (κ2) is 6.18. The van der Waals surface area contributed by atoms with E-state index in [1.807, 2.05) is 0 Å². The molecule has 0 spiro atoms. The van der Waals surface area contributed by atoms with E-state index in [9.17, 15) is 18.0 Å². The van der Waals surface area contributed by atoms with Gasteiger partial charge in [-0.3, -0.25) is 4.79 Å². The van der Waals surface area contributed by atoms with E-state index >= 15 is 0 Å². The van der Waals surface area contributed by atoms with Gasteiger partial charge in [-0.1, -0.05) is 18.5 Å². The number of nitrogens with zero attached hydrogens (tertiary/aromatic N) is 3. The highest BCUT2D eigenvalue weighted by Gasteiger charge is 2.36. The van der Waals surface area contributed by atoms with Crippen molar-refractivity contribution in [3.05, 3.63) is 45.5 Å². The molecule has 0 amide bonds. The average Bonchev–Trinajstić information content (AvgIpc) is 2.85. The highest BCUT2D eigenvalue weighted by atomic mass is 35.5. The Hall–Kier alpha value is -2.35. The van der Waals surface area contributed by atoms with E-state index in [2.05, 4.69) is 15.0 Å². The van der Waals surface area contributed by atoms with Gasteiger partial charge in [-0.25, -0.2) is 9.97 Å². The minimum atomic E-state index is -4.35. The molecule has 9 heteroatoms. The number of nitrogens with one attached hydrogen (secondary N) is 1. The summed E-state index contributed by atoms with van der Waals surface area (Å²) < 4.78 is 39.8. The van der Waals surface area contributed by atoms with Crippen molar-refractivity contribution < 1.29 is 13.2 Å². The van der Waals surface area contributed by atoms with Crippen LogP contribution in [0.2, 0.25) is 5.02 Å². The number of H-pyrrole nitrogens is 1. The summed E-state index contributed by atoms with van der Waals surface area (Å²) >= 11 is 5.86. The molecule has 0 bridgehead atoms.